The third-order valence-corrected chi connectivity index (χ3v) is 16.7. The van der Waals surface area contributed by atoms with E-state index in [1.54, 1.807) is 14.2 Å². The summed E-state index contributed by atoms with van der Waals surface area (Å²) in [5, 5.41) is 4.36. The molecule has 0 aromatic heterocycles. The van der Waals surface area contributed by atoms with Gasteiger partial charge in [0.05, 0.1) is 42.8 Å². The van der Waals surface area contributed by atoms with Gasteiger partial charge in [-0.3, -0.25) is 0 Å². The number of unbranched alkanes of at least 4 members (excludes halogenated alkanes) is 11. The molecule has 0 unspecified atom stereocenters. The number of hydrogen-bond acceptors (Lipinski definition) is 6. The van der Waals surface area contributed by atoms with Crippen molar-refractivity contribution in [1.82, 2.24) is 0 Å². The lowest BCUT2D eigenvalue weighted by molar-refractivity contribution is -0.158. The summed E-state index contributed by atoms with van der Waals surface area (Å²) in [5.74, 6) is 0. The highest BCUT2D eigenvalue weighted by Crippen LogP contribution is 2.56. The highest BCUT2D eigenvalue weighted by Gasteiger charge is 2.45. The predicted octanol–water partition coefficient (Wildman–Crippen LogP) is 10.9. The van der Waals surface area contributed by atoms with E-state index < -0.39 is 7.26 Å². The smallest absolute Gasteiger partial charge is 0.146 e. The molecule has 56 heavy (non-hydrogen) atoms. The van der Waals surface area contributed by atoms with Crippen LogP contribution < -0.4 is 15.9 Å². The van der Waals surface area contributed by atoms with Crippen LogP contribution in [0.15, 0.2) is 91.0 Å². The Balaban J connectivity index is 1.10. The molecule has 0 spiro atoms. The van der Waals surface area contributed by atoms with E-state index in [9.17, 15) is 0 Å². The number of hydrogen-bond donors (Lipinski definition) is 0. The van der Waals surface area contributed by atoms with Gasteiger partial charge >= 0.3 is 0 Å². The number of rotatable bonds is 29. The van der Waals surface area contributed by atoms with Gasteiger partial charge in [0, 0.05) is 14.2 Å². The molecule has 6 atom stereocenters. The van der Waals surface area contributed by atoms with Crippen LogP contribution >= 0.6 is 7.26 Å². The summed E-state index contributed by atoms with van der Waals surface area (Å²) in [5.41, 5.74) is 0. The molecule has 2 aliphatic rings. The Bertz CT molecular complexity index is 1310. The Morgan fingerprint density at radius 3 is 1.27 bits per heavy atom. The Hall–Kier alpha value is -2.15. The zero-order chi connectivity index (χ0) is 39.1. The van der Waals surface area contributed by atoms with E-state index in [0.717, 1.165) is 63.9 Å². The number of ether oxygens (including phenoxy) is 6. The molecule has 7 heteroatoms. The van der Waals surface area contributed by atoms with Gasteiger partial charge in [0.2, 0.25) is 0 Å². The lowest BCUT2D eigenvalue weighted by Gasteiger charge is -2.28. The van der Waals surface area contributed by atoms with E-state index in [4.69, 9.17) is 28.4 Å². The van der Waals surface area contributed by atoms with Crippen LogP contribution in [0.4, 0.5) is 0 Å². The van der Waals surface area contributed by atoms with Crippen LogP contribution in [0.25, 0.3) is 0 Å². The second-order valence-corrected chi connectivity index (χ2v) is 19.8. The van der Waals surface area contributed by atoms with Gasteiger partial charge in [-0.25, -0.2) is 0 Å². The average Bonchev–Trinajstić information content (AvgIpc) is 3.94. The molecule has 0 N–H and O–H groups in total. The van der Waals surface area contributed by atoms with Crippen molar-refractivity contribution in [2.24, 2.45) is 0 Å². The maximum absolute atomic E-state index is 6.80. The Morgan fingerprint density at radius 1 is 0.500 bits per heavy atom. The highest BCUT2D eigenvalue weighted by molar-refractivity contribution is 7.95. The predicted molar refractivity (Wildman–Crippen MR) is 234 cm³/mol. The van der Waals surface area contributed by atoms with Crippen molar-refractivity contribution in [2.45, 2.75) is 166 Å². The third kappa shape index (κ3) is 13.7. The van der Waals surface area contributed by atoms with Gasteiger partial charge in [-0.2, -0.15) is 0 Å². The largest absolute Gasteiger partial charge is 0.370 e. The molecule has 0 aliphatic carbocycles. The van der Waals surface area contributed by atoms with Gasteiger partial charge in [0.1, 0.15) is 36.8 Å². The molecular weight excluding hydrogens is 716 g/mol. The molecule has 2 saturated heterocycles. The Morgan fingerprint density at radius 2 is 0.875 bits per heavy atom. The molecular formula is C49H74O6P+. The van der Waals surface area contributed by atoms with E-state index in [2.05, 4.69) is 97.9 Å². The molecule has 0 radical (unpaired) electrons. The lowest BCUT2D eigenvalue weighted by Crippen LogP contribution is -2.35. The van der Waals surface area contributed by atoms with E-state index in [1.807, 2.05) is 0 Å². The van der Waals surface area contributed by atoms with Crippen molar-refractivity contribution in [3.05, 3.63) is 91.0 Å². The molecule has 0 amide bonds. The first-order valence-electron chi connectivity index (χ1n) is 22.3. The summed E-state index contributed by atoms with van der Waals surface area (Å²) in [6, 6.07) is 33.7. The fraction of sp³-hybridized carbons (Fsp3) is 0.633. The van der Waals surface area contributed by atoms with Crippen LogP contribution in [0, 0.1) is 0 Å². The summed E-state index contributed by atoms with van der Waals surface area (Å²) in [6.45, 7) is 2.90. The lowest BCUT2D eigenvalue weighted by atomic mass is 10.0. The molecule has 2 fully saturated rings. The second kappa shape index (κ2) is 26.1. The van der Waals surface area contributed by atoms with Gasteiger partial charge in [-0.1, -0.05) is 132 Å². The molecule has 0 bridgehead atoms. The van der Waals surface area contributed by atoms with Crippen LogP contribution in [0.1, 0.15) is 129 Å². The van der Waals surface area contributed by atoms with Crippen molar-refractivity contribution < 1.29 is 28.4 Å². The summed E-state index contributed by atoms with van der Waals surface area (Å²) >= 11 is 0. The SMILES string of the molecule is CCCCCCCCCCCC[C@H](OCOC)[C@H]1CC[C@H]([C@H]2CC[C@H]([C@@H](CCCCC[P+](c3ccccc3)(c3ccccc3)c3ccccc3)OCOC)O2)O1. The van der Waals surface area contributed by atoms with Crippen molar-refractivity contribution in [3.8, 4) is 0 Å². The first-order valence-corrected chi connectivity index (χ1v) is 24.2. The van der Waals surface area contributed by atoms with Crippen molar-refractivity contribution in [1.29, 1.82) is 0 Å². The normalized spacial score (nSPS) is 21.1. The fourth-order valence-electron chi connectivity index (χ4n) is 9.12. The standard InChI is InChI=1S/C49H74O6P/c1-4-5-6-7-8-9-10-11-12-23-32-44(52-39-50-2)46-34-36-48(54-46)49-37-35-47(55-49)45(53-40-51-3)33-24-16-25-38-56(41-26-17-13-18-27-41,42-28-19-14-20-29-42)43-30-21-15-22-31-43/h13-15,17-22,26-31,44-49H,4-12,16,23-25,32-40H2,1-3H3/q+1/t44-,45+,46+,47+,48+,49+/m0/s1. The fourth-order valence-corrected chi connectivity index (χ4v) is 13.5. The Labute approximate surface area is 341 Å². The molecule has 3 aromatic carbocycles. The van der Waals surface area contributed by atoms with Crippen LogP contribution in [-0.4, -0.2) is 70.6 Å². The van der Waals surface area contributed by atoms with Gasteiger partial charge in [0.25, 0.3) is 0 Å². The quantitative estimate of drug-likeness (QED) is 0.0397. The topological polar surface area (TPSA) is 55.4 Å². The van der Waals surface area contributed by atoms with Gasteiger partial charge < -0.3 is 28.4 Å². The molecule has 3 aromatic rings. The van der Waals surface area contributed by atoms with E-state index in [-0.39, 0.29) is 36.6 Å². The average molecular weight is 790 g/mol. The van der Waals surface area contributed by atoms with E-state index >= 15 is 0 Å². The van der Waals surface area contributed by atoms with Gasteiger partial charge in [-0.15, -0.1) is 0 Å². The first kappa shape index (κ1) is 44.9. The molecule has 2 aliphatic heterocycles. The van der Waals surface area contributed by atoms with Crippen LogP contribution in [0.3, 0.4) is 0 Å². The van der Waals surface area contributed by atoms with E-state index in [0.29, 0.717) is 13.6 Å². The highest BCUT2D eigenvalue weighted by atomic mass is 31.2. The zero-order valence-electron chi connectivity index (χ0n) is 35.1. The van der Waals surface area contributed by atoms with Crippen molar-refractivity contribution in [3.63, 3.8) is 0 Å². The number of benzene rings is 3. The summed E-state index contributed by atoms with van der Waals surface area (Å²) in [7, 11) is 1.60. The van der Waals surface area contributed by atoms with Crippen molar-refractivity contribution >= 4 is 23.2 Å². The number of methoxy groups -OCH3 is 2. The monoisotopic (exact) mass is 790 g/mol. The molecule has 5 rings (SSSR count). The van der Waals surface area contributed by atoms with Crippen LogP contribution in [0.2, 0.25) is 0 Å². The molecule has 2 heterocycles. The minimum Gasteiger partial charge on any atom is -0.370 e. The first-order chi connectivity index (χ1) is 27.7. The van der Waals surface area contributed by atoms with Crippen LogP contribution in [-0.2, 0) is 28.4 Å². The second-order valence-electron chi connectivity index (χ2n) is 16.2. The minimum atomic E-state index is -1.82. The summed E-state index contributed by atoms with van der Waals surface area (Å²) < 4.78 is 36.8. The van der Waals surface area contributed by atoms with Crippen molar-refractivity contribution in [2.75, 3.05) is 34.0 Å². The minimum absolute atomic E-state index is 0.0169. The Kier molecular flexibility index (Phi) is 20.9. The summed E-state index contributed by atoms with van der Waals surface area (Å²) in [6.07, 6.45) is 24.4. The van der Waals surface area contributed by atoms with E-state index in [1.165, 1.54) is 80.1 Å². The molecule has 0 saturated carbocycles. The van der Waals surface area contributed by atoms with Gasteiger partial charge in [-0.05, 0) is 87.8 Å². The molecule has 6 nitrogen and oxygen atoms in total. The maximum atomic E-state index is 6.80. The maximum Gasteiger partial charge on any atom is 0.146 e. The van der Waals surface area contributed by atoms with Crippen LogP contribution in [0.5, 0.6) is 0 Å². The third-order valence-electron chi connectivity index (χ3n) is 12.1. The summed E-state index contributed by atoms with van der Waals surface area (Å²) in [4.78, 5) is 0. The zero-order valence-corrected chi connectivity index (χ0v) is 36.0. The molecule has 310 valence electrons. The van der Waals surface area contributed by atoms with Gasteiger partial charge in [0.15, 0.2) is 0 Å².